The highest BCUT2D eigenvalue weighted by molar-refractivity contribution is 5.84. The summed E-state index contributed by atoms with van der Waals surface area (Å²) < 4.78 is 0. The molecule has 6 heteroatoms. The topological polar surface area (TPSA) is 77.9 Å². The molecule has 1 heterocycles. The third-order valence-electron chi connectivity index (χ3n) is 6.03. The van der Waals surface area contributed by atoms with Crippen LogP contribution in [0, 0.1) is 16.7 Å². The average molecular weight is 310 g/mol. The number of nitrogens with zero attached hydrogens (tertiary/aromatic N) is 2. The Bertz CT molecular complexity index is 494. The van der Waals surface area contributed by atoms with Gasteiger partial charge in [-0.15, -0.1) is 0 Å². The van der Waals surface area contributed by atoms with Gasteiger partial charge in [-0.1, -0.05) is 13.8 Å². The fourth-order valence-corrected chi connectivity index (χ4v) is 3.78. The molecule has 0 bridgehead atoms. The first kappa shape index (κ1) is 16.8. The van der Waals surface area contributed by atoms with Crippen LogP contribution in [0.15, 0.2) is 0 Å². The lowest BCUT2D eigenvalue weighted by Crippen LogP contribution is -2.53. The molecule has 6 nitrogen and oxygen atoms in total. The van der Waals surface area contributed by atoms with Crippen molar-refractivity contribution in [1.29, 1.82) is 0 Å². The smallest absolute Gasteiger partial charge is 0.309 e. The minimum atomic E-state index is -0.867. The zero-order valence-electron chi connectivity index (χ0n) is 13.9. The summed E-state index contributed by atoms with van der Waals surface area (Å²) in [5.74, 6) is -1.02. The fourth-order valence-electron chi connectivity index (χ4n) is 3.78. The van der Waals surface area contributed by atoms with E-state index in [0.29, 0.717) is 39.0 Å². The molecule has 0 spiro atoms. The number of amides is 2. The minimum Gasteiger partial charge on any atom is -0.481 e. The summed E-state index contributed by atoms with van der Waals surface area (Å²) in [5, 5.41) is 9.54. The van der Waals surface area contributed by atoms with Gasteiger partial charge in [0.1, 0.15) is 0 Å². The monoisotopic (exact) mass is 310 g/mol. The second-order valence-corrected chi connectivity index (χ2v) is 7.28. The molecule has 0 aromatic carbocycles. The molecule has 2 aliphatic rings. The third-order valence-corrected chi connectivity index (χ3v) is 6.03. The molecule has 2 unspecified atom stereocenters. The Labute approximate surface area is 131 Å². The summed E-state index contributed by atoms with van der Waals surface area (Å²) in [7, 11) is 0. The number of carboxylic acids is 1. The van der Waals surface area contributed by atoms with Crippen molar-refractivity contribution in [1.82, 2.24) is 9.80 Å². The second kappa shape index (κ2) is 5.56. The first-order valence-corrected chi connectivity index (χ1v) is 7.89. The maximum Gasteiger partial charge on any atom is 0.309 e. The Morgan fingerprint density at radius 3 is 1.91 bits per heavy atom. The van der Waals surface area contributed by atoms with Gasteiger partial charge >= 0.3 is 5.97 Å². The quantitative estimate of drug-likeness (QED) is 0.831. The van der Waals surface area contributed by atoms with E-state index in [1.54, 1.807) is 16.7 Å². The van der Waals surface area contributed by atoms with E-state index in [0.717, 1.165) is 0 Å². The number of carbonyl (C=O) groups is 3. The molecule has 2 fully saturated rings. The molecule has 1 aliphatic heterocycles. The summed E-state index contributed by atoms with van der Waals surface area (Å²) in [5.41, 5.74) is -1.44. The SMILES string of the molecule is CC(=O)N1CCN(C(=O)C2CCC(C)(C(=O)O)C2(C)C)CC1. The van der Waals surface area contributed by atoms with Crippen LogP contribution in [-0.4, -0.2) is 58.9 Å². The lowest BCUT2D eigenvalue weighted by molar-refractivity contribution is -0.157. The van der Waals surface area contributed by atoms with Crippen LogP contribution in [0.1, 0.15) is 40.5 Å². The molecule has 1 saturated carbocycles. The van der Waals surface area contributed by atoms with Gasteiger partial charge in [-0.3, -0.25) is 14.4 Å². The molecule has 22 heavy (non-hydrogen) atoms. The second-order valence-electron chi connectivity index (χ2n) is 7.28. The van der Waals surface area contributed by atoms with Crippen molar-refractivity contribution in [3.05, 3.63) is 0 Å². The van der Waals surface area contributed by atoms with Crippen molar-refractivity contribution in [2.24, 2.45) is 16.7 Å². The highest BCUT2D eigenvalue weighted by Crippen LogP contribution is 2.56. The van der Waals surface area contributed by atoms with Gasteiger partial charge in [0.15, 0.2) is 0 Å². The van der Waals surface area contributed by atoms with Gasteiger partial charge in [-0.2, -0.15) is 0 Å². The van der Waals surface area contributed by atoms with Crippen molar-refractivity contribution < 1.29 is 19.5 Å². The van der Waals surface area contributed by atoms with Gasteiger partial charge < -0.3 is 14.9 Å². The molecule has 2 atom stereocenters. The molecular weight excluding hydrogens is 284 g/mol. The van der Waals surface area contributed by atoms with Gasteiger partial charge in [-0.05, 0) is 25.2 Å². The van der Waals surface area contributed by atoms with Gasteiger partial charge in [0.25, 0.3) is 0 Å². The summed E-state index contributed by atoms with van der Waals surface area (Å²) >= 11 is 0. The van der Waals surface area contributed by atoms with Gasteiger partial charge in [-0.25, -0.2) is 0 Å². The fraction of sp³-hybridized carbons (Fsp3) is 0.812. The van der Waals surface area contributed by atoms with Crippen molar-refractivity contribution >= 4 is 17.8 Å². The molecule has 1 saturated heterocycles. The summed E-state index contributed by atoms with van der Waals surface area (Å²) in [6.07, 6.45) is 1.14. The Morgan fingerprint density at radius 2 is 1.50 bits per heavy atom. The number of carboxylic acid groups (broad SMARTS) is 1. The predicted octanol–water partition coefficient (Wildman–Crippen LogP) is 1.20. The van der Waals surface area contributed by atoms with Crippen LogP contribution in [0.5, 0.6) is 0 Å². The first-order valence-electron chi connectivity index (χ1n) is 7.89. The van der Waals surface area contributed by atoms with Crippen LogP contribution < -0.4 is 0 Å². The van der Waals surface area contributed by atoms with Crippen LogP contribution in [0.25, 0.3) is 0 Å². The number of aliphatic carboxylic acids is 1. The number of carbonyl (C=O) groups excluding carboxylic acids is 2. The van der Waals surface area contributed by atoms with E-state index in [9.17, 15) is 19.5 Å². The third kappa shape index (κ3) is 2.48. The van der Waals surface area contributed by atoms with Crippen LogP contribution in [0.3, 0.4) is 0 Å². The van der Waals surface area contributed by atoms with Gasteiger partial charge in [0.2, 0.25) is 11.8 Å². The Balaban J connectivity index is 2.09. The van der Waals surface area contributed by atoms with E-state index < -0.39 is 16.8 Å². The van der Waals surface area contributed by atoms with Crippen LogP contribution >= 0.6 is 0 Å². The predicted molar refractivity (Wildman–Crippen MR) is 81.1 cm³/mol. The molecule has 0 aromatic heterocycles. The van der Waals surface area contributed by atoms with Crippen molar-refractivity contribution in [2.75, 3.05) is 26.2 Å². The summed E-state index contributed by atoms with van der Waals surface area (Å²) in [6, 6.07) is 0. The van der Waals surface area contributed by atoms with Crippen LogP contribution in [-0.2, 0) is 14.4 Å². The number of rotatable bonds is 2. The summed E-state index contributed by atoms with van der Waals surface area (Å²) in [6.45, 7) is 9.26. The zero-order valence-corrected chi connectivity index (χ0v) is 13.9. The zero-order chi connectivity index (χ0) is 16.7. The van der Waals surface area contributed by atoms with Gasteiger partial charge in [0, 0.05) is 39.0 Å². The van der Waals surface area contributed by atoms with E-state index in [4.69, 9.17) is 0 Å². The molecule has 1 aliphatic carbocycles. The largest absolute Gasteiger partial charge is 0.481 e. The Kier molecular flexibility index (Phi) is 4.24. The molecular formula is C16H26N2O4. The lowest BCUT2D eigenvalue weighted by Gasteiger charge is -2.41. The maximum absolute atomic E-state index is 12.8. The van der Waals surface area contributed by atoms with Crippen LogP contribution in [0.4, 0.5) is 0 Å². The Morgan fingerprint density at radius 1 is 1.00 bits per heavy atom. The molecule has 2 rings (SSSR count). The first-order chi connectivity index (χ1) is 10.1. The van der Waals surface area contributed by atoms with E-state index in [1.807, 2.05) is 13.8 Å². The average Bonchev–Trinajstić information content (AvgIpc) is 2.70. The minimum absolute atomic E-state index is 0.0340. The number of hydrogen-bond donors (Lipinski definition) is 1. The lowest BCUT2D eigenvalue weighted by atomic mass is 9.65. The van der Waals surface area contributed by atoms with Crippen molar-refractivity contribution in [3.8, 4) is 0 Å². The van der Waals surface area contributed by atoms with E-state index in [-0.39, 0.29) is 17.7 Å². The molecule has 1 N–H and O–H groups in total. The van der Waals surface area contributed by atoms with E-state index >= 15 is 0 Å². The van der Waals surface area contributed by atoms with Gasteiger partial charge in [0.05, 0.1) is 5.41 Å². The molecule has 0 aromatic rings. The highest BCUT2D eigenvalue weighted by atomic mass is 16.4. The molecule has 2 amide bonds. The number of piperazine rings is 1. The molecule has 124 valence electrons. The molecule has 0 radical (unpaired) electrons. The summed E-state index contributed by atoms with van der Waals surface area (Å²) in [4.78, 5) is 39.3. The van der Waals surface area contributed by atoms with E-state index in [2.05, 4.69) is 0 Å². The van der Waals surface area contributed by atoms with Crippen molar-refractivity contribution in [3.63, 3.8) is 0 Å². The highest BCUT2D eigenvalue weighted by Gasteiger charge is 2.58. The normalized spacial score (nSPS) is 31.2. The standard InChI is InChI=1S/C16H26N2O4/c1-11(19)17-7-9-18(10-8-17)13(20)12-5-6-16(4,14(21)22)15(12,2)3/h12H,5-10H2,1-4H3,(H,21,22). The maximum atomic E-state index is 12.8. The number of hydrogen-bond acceptors (Lipinski definition) is 3. The van der Waals surface area contributed by atoms with Crippen molar-refractivity contribution in [2.45, 2.75) is 40.5 Å². The Hall–Kier alpha value is -1.59. The van der Waals surface area contributed by atoms with E-state index in [1.165, 1.54) is 6.92 Å². The van der Waals surface area contributed by atoms with Crippen LogP contribution in [0.2, 0.25) is 0 Å².